The van der Waals surface area contributed by atoms with Crippen LogP contribution < -0.4 is 4.74 Å². The van der Waals surface area contributed by atoms with E-state index < -0.39 is 0 Å². The third-order valence-electron chi connectivity index (χ3n) is 4.52. The summed E-state index contributed by atoms with van der Waals surface area (Å²) in [6.45, 7) is 2.49. The van der Waals surface area contributed by atoms with E-state index in [1.54, 1.807) is 14.2 Å². The summed E-state index contributed by atoms with van der Waals surface area (Å²) in [5.74, 6) is 0.985. The number of pyridine rings is 1. The number of fused-ring (bicyclic) bond motifs is 1. The second-order valence-electron chi connectivity index (χ2n) is 5.70. The summed E-state index contributed by atoms with van der Waals surface area (Å²) in [4.78, 5) is 20.7. The topological polar surface area (TPSA) is 54.9 Å². The van der Waals surface area contributed by atoms with Gasteiger partial charge in [0.1, 0.15) is 6.10 Å². The summed E-state index contributed by atoms with van der Waals surface area (Å²) in [6, 6.07) is 6.04. The molecule has 2 fully saturated rings. The fourth-order valence-corrected chi connectivity index (χ4v) is 3.44. The third-order valence-corrected chi connectivity index (χ3v) is 4.52. The molecule has 3 heterocycles. The second kappa shape index (κ2) is 5.61. The van der Waals surface area contributed by atoms with Crippen LogP contribution in [0.4, 0.5) is 0 Å². The van der Waals surface area contributed by atoms with Crippen molar-refractivity contribution in [2.45, 2.75) is 18.7 Å². The smallest absolute Gasteiger partial charge is 0.252 e. The lowest BCUT2D eigenvalue weighted by molar-refractivity contribution is -0.136. The normalized spacial score (nSPS) is 29.0. The van der Waals surface area contributed by atoms with E-state index in [0.29, 0.717) is 5.88 Å². The Bertz CT molecular complexity index is 537. The molecule has 3 atom stereocenters. The van der Waals surface area contributed by atoms with Crippen molar-refractivity contribution >= 4 is 5.91 Å². The zero-order chi connectivity index (χ0) is 15.0. The number of rotatable bonds is 4. The number of likely N-dealkylation sites (tertiary alicyclic amines) is 2. The van der Waals surface area contributed by atoms with Crippen molar-refractivity contribution in [3.8, 4) is 5.88 Å². The molecule has 1 aromatic heterocycles. The molecular weight excluding hydrogens is 270 g/mol. The number of aromatic nitrogens is 1. The van der Waals surface area contributed by atoms with Gasteiger partial charge in [-0.1, -0.05) is 6.07 Å². The minimum atomic E-state index is -0.303. The van der Waals surface area contributed by atoms with Crippen molar-refractivity contribution in [2.75, 3.05) is 34.4 Å². The van der Waals surface area contributed by atoms with Gasteiger partial charge >= 0.3 is 0 Å². The van der Waals surface area contributed by atoms with Gasteiger partial charge in [-0.15, -0.1) is 0 Å². The summed E-state index contributed by atoms with van der Waals surface area (Å²) < 4.78 is 10.5. The molecule has 1 amide bonds. The molecule has 0 aromatic carbocycles. The van der Waals surface area contributed by atoms with Gasteiger partial charge in [-0.25, -0.2) is 4.98 Å². The highest BCUT2D eigenvalue weighted by Crippen LogP contribution is 2.33. The summed E-state index contributed by atoms with van der Waals surface area (Å²) in [5, 5.41) is 0. The lowest BCUT2D eigenvalue weighted by Crippen LogP contribution is -2.36. The van der Waals surface area contributed by atoms with Gasteiger partial charge in [-0.3, -0.25) is 9.69 Å². The molecule has 0 saturated carbocycles. The fraction of sp³-hybridized carbons (Fsp3) is 0.600. The molecule has 2 saturated heterocycles. The van der Waals surface area contributed by atoms with Crippen molar-refractivity contribution in [3.63, 3.8) is 0 Å². The number of amides is 1. The van der Waals surface area contributed by atoms with E-state index in [1.807, 2.05) is 30.1 Å². The first-order chi connectivity index (χ1) is 10.1. The Morgan fingerprint density at radius 1 is 1.33 bits per heavy atom. The number of hydrogen-bond donors (Lipinski definition) is 0. The first-order valence-electron chi connectivity index (χ1n) is 7.15. The van der Waals surface area contributed by atoms with Crippen molar-refractivity contribution < 1.29 is 14.3 Å². The van der Waals surface area contributed by atoms with Crippen molar-refractivity contribution in [1.82, 2.24) is 14.8 Å². The minimum Gasteiger partial charge on any atom is -0.481 e. The maximum absolute atomic E-state index is 12.1. The van der Waals surface area contributed by atoms with Crippen LogP contribution in [0.2, 0.25) is 0 Å². The quantitative estimate of drug-likeness (QED) is 0.802. The number of carbonyl (C=O) groups excluding carboxylic acids is 1. The van der Waals surface area contributed by atoms with Gasteiger partial charge < -0.3 is 14.4 Å². The van der Waals surface area contributed by atoms with E-state index >= 15 is 0 Å². The largest absolute Gasteiger partial charge is 0.481 e. The van der Waals surface area contributed by atoms with Gasteiger partial charge in [0.15, 0.2) is 0 Å². The number of nitrogens with zero attached hydrogens (tertiary/aromatic N) is 3. The molecule has 0 bridgehead atoms. The summed E-state index contributed by atoms with van der Waals surface area (Å²) in [6.07, 6.45) is -0.303. The van der Waals surface area contributed by atoms with Crippen LogP contribution in [-0.2, 0) is 16.1 Å². The fourth-order valence-electron chi connectivity index (χ4n) is 3.44. The number of ether oxygens (including phenoxy) is 2. The van der Waals surface area contributed by atoms with Crippen molar-refractivity contribution in [2.24, 2.45) is 5.92 Å². The number of methoxy groups -OCH3 is 2. The molecule has 0 aliphatic carbocycles. The molecule has 114 valence electrons. The van der Waals surface area contributed by atoms with Gasteiger partial charge in [-0.05, 0) is 6.07 Å². The summed E-state index contributed by atoms with van der Waals surface area (Å²) in [5.41, 5.74) is 0.984. The van der Waals surface area contributed by atoms with E-state index in [4.69, 9.17) is 9.47 Å². The maximum atomic E-state index is 12.1. The van der Waals surface area contributed by atoms with Crippen LogP contribution >= 0.6 is 0 Å². The monoisotopic (exact) mass is 291 g/mol. The Morgan fingerprint density at radius 3 is 2.86 bits per heavy atom. The molecule has 21 heavy (non-hydrogen) atoms. The maximum Gasteiger partial charge on any atom is 0.252 e. The molecule has 1 aromatic rings. The van der Waals surface area contributed by atoms with Gasteiger partial charge in [0.25, 0.3) is 5.91 Å². The van der Waals surface area contributed by atoms with Crippen molar-refractivity contribution in [3.05, 3.63) is 23.9 Å². The molecule has 6 nitrogen and oxygen atoms in total. The first-order valence-corrected chi connectivity index (χ1v) is 7.15. The van der Waals surface area contributed by atoms with Gasteiger partial charge in [0.05, 0.1) is 18.8 Å². The highest BCUT2D eigenvalue weighted by molar-refractivity contribution is 5.84. The Balaban J connectivity index is 1.69. The van der Waals surface area contributed by atoms with Crippen LogP contribution in [-0.4, -0.2) is 67.2 Å². The lowest BCUT2D eigenvalue weighted by Gasteiger charge is -2.21. The molecule has 2 aliphatic heterocycles. The lowest BCUT2D eigenvalue weighted by atomic mass is 10.0. The molecule has 0 radical (unpaired) electrons. The van der Waals surface area contributed by atoms with Crippen LogP contribution in [0.15, 0.2) is 18.2 Å². The number of hydrogen-bond acceptors (Lipinski definition) is 5. The molecule has 0 N–H and O–H groups in total. The third kappa shape index (κ3) is 2.49. The van der Waals surface area contributed by atoms with E-state index in [0.717, 1.165) is 25.3 Å². The Hall–Kier alpha value is -1.66. The SMILES string of the molecule is COc1cccc(CN2C[C@@H]3[C@H](OC)C(=O)N(C)[C@@H]3C2)n1. The minimum absolute atomic E-state index is 0.103. The summed E-state index contributed by atoms with van der Waals surface area (Å²) in [7, 11) is 5.10. The van der Waals surface area contributed by atoms with Crippen LogP contribution in [0, 0.1) is 5.92 Å². The van der Waals surface area contributed by atoms with Gasteiger partial charge in [0, 0.05) is 45.8 Å². The average Bonchev–Trinajstić information content (AvgIpc) is 2.99. The predicted octanol–water partition coefficient (Wildman–Crippen LogP) is 0.378. The van der Waals surface area contributed by atoms with Crippen molar-refractivity contribution in [1.29, 1.82) is 0 Å². The zero-order valence-corrected chi connectivity index (χ0v) is 12.7. The second-order valence-corrected chi connectivity index (χ2v) is 5.70. The zero-order valence-electron chi connectivity index (χ0n) is 12.7. The molecule has 6 heteroatoms. The average molecular weight is 291 g/mol. The van der Waals surface area contributed by atoms with E-state index in [2.05, 4.69) is 9.88 Å². The molecule has 0 spiro atoms. The van der Waals surface area contributed by atoms with E-state index in [1.165, 1.54) is 0 Å². The molecular formula is C15H21N3O3. The predicted molar refractivity (Wildman–Crippen MR) is 76.9 cm³/mol. The highest BCUT2D eigenvalue weighted by atomic mass is 16.5. The van der Waals surface area contributed by atoms with Crippen LogP contribution in [0.25, 0.3) is 0 Å². The Morgan fingerprint density at radius 2 is 2.14 bits per heavy atom. The first kappa shape index (κ1) is 14.3. The van der Waals surface area contributed by atoms with E-state index in [-0.39, 0.29) is 24.0 Å². The molecule has 3 rings (SSSR count). The van der Waals surface area contributed by atoms with E-state index in [9.17, 15) is 4.79 Å². The molecule has 0 unspecified atom stereocenters. The summed E-state index contributed by atoms with van der Waals surface area (Å²) >= 11 is 0. The molecule has 2 aliphatic rings. The standard InChI is InChI=1S/C15H21N3O3/c1-17-12-9-18(8-11(12)14(21-3)15(17)19)7-10-5-4-6-13(16-10)20-2/h4-6,11-12,14H,7-9H2,1-3H3/t11-,12+,14-/m0/s1. The number of carbonyl (C=O) groups is 1. The van der Waals surface area contributed by atoms with Gasteiger partial charge in [0.2, 0.25) is 5.88 Å². The van der Waals surface area contributed by atoms with Crippen LogP contribution in [0.1, 0.15) is 5.69 Å². The highest BCUT2D eigenvalue weighted by Gasteiger charge is 2.51. The van der Waals surface area contributed by atoms with Crippen LogP contribution in [0.5, 0.6) is 5.88 Å². The van der Waals surface area contributed by atoms with Crippen LogP contribution in [0.3, 0.4) is 0 Å². The Labute approximate surface area is 124 Å². The number of likely N-dealkylation sites (N-methyl/N-ethyl adjacent to an activating group) is 1. The van der Waals surface area contributed by atoms with Gasteiger partial charge in [-0.2, -0.15) is 0 Å². The Kier molecular flexibility index (Phi) is 3.82.